The zero-order valence-electron chi connectivity index (χ0n) is 11.7. The van der Waals surface area contributed by atoms with Crippen molar-refractivity contribution >= 4 is 11.8 Å². The minimum absolute atomic E-state index is 0.00139. The Bertz CT molecular complexity index is 327. The first kappa shape index (κ1) is 14.3. The number of carbonyl (C=O) groups excluding carboxylic acids is 2. The van der Waals surface area contributed by atoms with Crippen molar-refractivity contribution in [2.24, 2.45) is 5.92 Å². The Morgan fingerprint density at radius 1 is 1.37 bits per heavy atom. The largest absolute Gasteiger partial charge is 0.381 e. The van der Waals surface area contributed by atoms with Gasteiger partial charge in [-0.15, -0.1) is 0 Å². The summed E-state index contributed by atoms with van der Waals surface area (Å²) < 4.78 is 5.36. The molecule has 0 radical (unpaired) electrons. The smallest absolute Gasteiger partial charge is 0.245 e. The van der Waals surface area contributed by atoms with E-state index in [1.165, 1.54) is 0 Å². The van der Waals surface area contributed by atoms with Crippen LogP contribution in [0.3, 0.4) is 0 Å². The van der Waals surface area contributed by atoms with Crippen LogP contribution in [-0.2, 0) is 14.3 Å². The monoisotopic (exact) mass is 268 g/mol. The van der Waals surface area contributed by atoms with Gasteiger partial charge >= 0.3 is 0 Å². The molecule has 0 aliphatic carbocycles. The first-order valence-corrected chi connectivity index (χ1v) is 7.36. The molecule has 0 aromatic carbocycles. The highest BCUT2D eigenvalue weighted by molar-refractivity contribution is 5.89. The van der Waals surface area contributed by atoms with Gasteiger partial charge in [0.1, 0.15) is 6.04 Å². The van der Waals surface area contributed by atoms with Crippen molar-refractivity contribution in [2.45, 2.75) is 45.1 Å². The molecule has 19 heavy (non-hydrogen) atoms. The Labute approximate surface area is 114 Å². The normalized spacial score (nSPS) is 28.4. The van der Waals surface area contributed by atoms with E-state index in [1.807, 2.05) is 11.8 Å². The lowest BCUT2D eigenvalue weighted by Gasteiger charge is -2.24. The standard InChI is InChI=1S/C14H24N2O3/c1-2-3-12-14(18)16(8-5-13(17)15-12)7-4-11-6-9-19-10-11/h11-12H,2-10H2,1H3,(H,15,17). The predicted molar refractivity (Wildman–Crippen MR) is 71.6 cm³/mol. The molecule has 2 fully saturated rings. The Hall–Kier alpha value is -1.10. The van der Waals surface area contributed by atoms with Gasteiger partial charge in [0.25, 0.3) is 0 Å². The van der Waals surface area contributed by atoms with Crippen LogP contribution in [0.4, 0.5) is 0 Å². The average Bonchev–Trinajstić information content (AvgIpc) is 2.86. The molecule has 2 rings (SSSR count). The molecule has 2 atom stereocenters. The summed E-state index contributed by atoms with van der Waals surface area (Å²) in [7, 11) is 0. The van der Waals surface area contributed by atoms with Crippen LogP contribution in [0.1, 0.15) is 39.0 Å². The number of hydrogen-bond donors (Lipinski definition) is 1. The predicted octanol–water partition coefficient (Wildman–Crippen LogP) is 0.930. The van der Waals surface area contributed by atoms with Crippen LogP contribution in [0, 0.1) is 5.92 Å². The number of ether oxygens (including phenoxy) is 1. The van der Waals surface area contributed by atoms with Crippen molar-refractivity contribution in [1.29, 1.82) is 0 Å². The van der Waals surface area contributed by atoms with Crippen LogP contribution < -0.4 is 5.32 Å². The summed E-state index contributed by atoms with van der Waals surface area (Å²) in [6, 6.07) is -0.320. The molecule has 0 spiro atoms. The van der Waals surface area contributed by atoms with Crippen LogP contribution in [0.5, 0.6) is 0 Å². The topological polar surface area (TPSA) is 58.6 Å². The minimum Gasteiger partial charge on any atom is -0.381 e. The number of nitrogens with one attached hydrogen (secondary N) is 1. The van der Waals surface area contributed by atoms with Gasteiger partial charge in [0.2, 0.25) is 11.8 Å². The second-order valence-electron chi connectivity index (χ2n) is 5.50. The van der Waals surface area contributed by atoms with Crippen LogP contribution in [0.15, 0.2) is 0 Å². The molecule has 0 aromatic rings. The summed E-state index contributed by atoms with van der Waals surface area (Å²) in [4.78, 5) is 25.8. The molecule has 2 amide bonds. The van der Waals surface area contributed by atoms with Gasteiger partial charge in [0.05, 0.1) is 0 Å². The second-order valence-corrected chi connectivity index (χ2v) is 5.50. The number of rotatable bonds is 5. The first-order chi connectivity index (χ1) is 9.20. The van der Waals surface area contributed by atoms with Crippen LogP contribution in [0.25, 0.3) is 0 Å². The number of nitrogens with zero attached hydrogens (tertiary/aromatic N) is 1. The maximum Gasteiger partial charge on any atom is 0.245 e. The van der Waals surface area contributed by atoms with Gasteiger partial charge in [-0.25, -0.2) is 0 Å². The van der Waals surface area contributed by atoms with Crippen LogP contribution in [-0.4, -0.2) is 49.1 Å². The lowest BCUT2D eigenvalue weighted by Crippen LogP contribution is -2.45. The molecule has 108 valence electrons. The number of hydrogen-bond acceptors (Lipinski definition) is 3. The summed E-state index contributed by atoms with van der Waals surface area (Å²) in [5, 5.41) is 2.83. The quantitative estimate of drug-likeness (QED) is 0.807. The maximum absolute atomic E-state index is 12.4. The summed E-state index contributed by atoms with van der Waals surface area (Å²) in [6.45, 7) is 5.00. The van der Waals surface area contributed by atoms with Crippen molar-refractivity contribution in [3.05, 3.63) is 0 Å². The van der Waals surface area contributed by atoms with Crippen molar-refractivity contribution in [3.63, 3.8) is 0 Å². The molecule has 2 unspecified atom stereocenters. The van der Waals surface area contributed by atoms with E-state index in [4.69, 9.17) is 4.74 Å². The fourth-order valence-corrected chi connectivity index (χ4v) is 2.75. The molecule has 2 aliphatic rings. The molecular formula is C14H24N2O3. The van der Waals surface area contributed by atoms with E-state index in [9.17, 15) is 9.59 Å². The maximum atomic E-state index is 12.4. The molecular weight excluding hydrogens is 244 g/mol. The van der Waals surface area contributed by atoms with E-state index < -0.39 is 0 Å². The van der Waals surface area contributed by atoms with Gasteiger partial charge < -0.3 is 15.0 Å². The van der Waals surface area contributed by atoms with Crippen molar-refractivity contribution < 1.29 is 14.3 Å². The van der Waals surface area contributed by atoms with Crippen molar-refractivity contribution in [2.75, 3.05) is 26.3 Å². The van der Waals surface area contributed by atoms with Gasteiger partial charge in [0, 0.05) is 32.7 Å². The van der Waals surface area contributed by atoms with E-state index in [0.29, 0.717) is 18.9 Å². The lowest BCUT2D eigenvalue weighted by atomic mass is 10.0. The Morgan fingerprint density at radius 3 is 2.89 bits per heavy atom. The van der Waals surface area contributed by atoms with E-state index in [0.717, 1.165) is 45.4 Å². The van der Waals surface area contributed by atoms with Gasteiger partial charge in [-0.1, -0.05) is 13.3 Å². The molecule has 2 aliphatic heterocycles. The third-order valence-electron chi connectivity index (χ3n) is 3.96. The molecule has 0 saturated carbocycles. The highest BCUT2D eigenvalue weighted by Crippen LogP contribution is 2.18. The molecule has 2 saturated heterocycles. The molecule has 1 N–H and O–H groups in total. The third-order valence-corrected chi connectivity index (χ3v) is 3.96. The third kappa shape index (κ3) is 3.93. The number of amides is 2. The van der Waals surface area contributed by atoms with E-state index in [1.54, 1.807) is 0 Å². The zero-order chi connectivity index (χ0) is 13.7. The fraction of sp³-hybridized carbons (Fsp3) is 0.857. The fourth-order valence-electron chi connectivity index (χ4n) is 2.75. The Balaban J connectivity index is 1.89. The van der Waals surface area contributed by atoms with Crippen LogP contribution >= 0.6 is 0 Å². The molecule has 0 bridgehead atoms. The summed E-state index contributed by atoms with van der Waals surface area (Å²) in [5.74, 6) is 0.662. The SMILES string of the molecule is CCCC1NC(=O)CCN(CCC2CCOC2)C1=O. The molecule has 5 heteroatoms. The average molecular weight is 268 g/mol. The molecule has 2 heterocycles. The summed E-state index contributed by atoms with van der Waals surface area (Å²) in [6.07, 6.45) is 4.14. The lowest BCUT2D eigenvalue weighted by molar-refractivity contribution is -0.133. The van der Waals surface area contributed by atoms with Gasteiger partial charge in [-0.3, -0.25) is 9.59 Å². The highest BCUT2D eigenvalue weighted by Gasteiger charge is 2.29. The zero-order valence-corrected chi connectivity index (χ0v) is 11.7. The van der Waals surface area contributed by atoms with Crippen molar-refractivity contribution in [3.8, 4) is 0 Å². The van der Waals surface area contributed by atoms with Gasteiger partial charge in [0.15, 0.2) is 0 Å². The Morgan fingerprint density at radius 2 is 2.21 bits per heavy atom. The van der Waals surface area contributed by atoms with Crippen molar-refractivity contribution in [1.82, 2.24) is 10.2 Å². The van der Waals surface area contributed by atoms with Gasteiger partial charge in [-0.2, -0.15) is 0 Å². The Kier molecular flexibility index (Phi) is 5.19. The number of carbonyl (C=O) groups is 2. The van der Waals surface area contributed by atoms with E-state index >= 15 is 0 Å². The molecule has 0 aromatic heterocycles. The first-order valence-electron chi connectivity index (χ1n) is 7.36. The highest BCUT2D eigenvalue weighted by atomic mass is 16.5. The van der Waals surface area contributed by atoms with Gasteiger partial charge in [-0.05, 0) is 25.2 Å². The molecule has 5 nitrogen and oxygen atoms in total. The van der Waals surface area contributed by atoms with E-state index in [-0.39, 0.29) is 17.9 Å². The van der Waals surface area contributed by atoms with E-state index in [2.05, 4.69) is 5.32 Å². The van der Waals surface area contributed by atoms with Crippen LogP contribution in [0.2, 0.25) is 0 Å². The summed E-state index contributed by atoms with van der Waals surface area (Å²) >= 11 is 0. The second kappa shape index (κ2) is 6.89. The summed E-state index contributed by atoms with van der Waals surface area (Å²) in [5.41, 5.74) is 0. The minimum atomic E-state index is -0.320.